The molecule has 108 valence electrons. The summed E-state index contributed by atoms with van der Waals surface area (Å²) in [5, 5.41) is 0.701. The largest absolute Gasteiger partial charge is 0.336 e. The van der Waals surface area contributed by atoms with Gasteiger partial charge in [-0.3, -0.25) is 9.59 Å². The van der Waals surface area contributed by atoms with Crippen molar-refractivity contribution in [3.8, 4) is 0 Å². The molecule has 3 aliphatic rings. The Hall–Kier alpha value is -1.65. The SMILES string of the molecule is O=C(ON1C(=O)C2=C(CCCC2)C1=O)C1CCCCC1. The lowest BCUT2D eigenvalue weighted by atomic mass is 9.89. The maximum Gasteiger partial charge on any atom is 0.336 e. The molecular weight excluding hydrogens is 258 g/mol. The number of carbonyl (C=O) groups excluding carboxylic acids is 3. The molecule has 0 bridgehead atoms. The molecule has 5 heteroatoms. The third kappa shape index (κ3) is 2.25. The zero-order valence-electron chi connectivity index (χ0n) is 11.5. The van der Waals surface area contributed by atoms with Crippen LogP contribution in [0.15, 0.2) is 11.1 Å². The van der Waals surface area contributed by atoms with E-state index < -0.39 is 17.8 Å². The first-order valence-corrected chi connectivity index (χ1v) is 7.51. The fourth-order valence-electron chi connectivity index (χ4n) is 3.30. The number of hydrogen-bond acceptors (Lipinski definition) is 4. The molecule has 0 spiro atoms. The molecule has 0 unspecified atom stereocenters. The highest BCUT2D eigenvalue weighted by molar-refractivity contribution is 6.19. The normalized spacial score (nSPS) is 24.1. The first-order chi connectivity index (χ1) is 9.68. The number of rotatable bonds is 2. The van der Waals surface area contributed by atoms with Crippen LogP contribution in [0.3, 0.4) is 0 Å². The van der Waals surface area contributed by atoms with E-state index in [9.17, 15) is 14.4 Å². The first-order valence-electron chi connectivity index (χ1n) is 7.51. The fraction of sp³-hybridized carbons (Fsp3) is 0.667. The van der Waals surface area contributed by atoms with E-state index in [0.29, 0.717) is 29.1 Å². The smallest absolute Gasteiger partial charge is 0.329 e. The molecule has 0 N–H and O–H groups in total. The Balaban J connectivity index is 1.68. The summed E-state index contributed by atoms with van der Waals surface area (Å²) < 4.78 is 0. The van der Waals surface area contributed by atoms with Gasteiger partial charge in [0.15, 0.2) is 0 Å². The number of nitrogens with zero attached hydrogens (tertiary/aromatic N) is 1. The molecule has 2 aliphatic carbocycles. The second kappa shape index (κ2) is 5.38. The van der Waals surface area contributed by atoms with Crippen LogP contribution in [0.4, 0.5) is 0 Å². The van der Waals surface area contributed by atoms with E-state index in [1.807, 2.05) is 0 Å². The van der Waals surface area contributed by atoms with Gasteiger partial charge in [0.05, 0.1) is 5.92 Å². The van der Waals surface area contributed by atoms with E-state index in [0.717, 1.165) is 44.9 Å². The van der Waals surface area contributed by atoms with Gasteiger partial charge in [-0.2, -0.15) is 0 Å². The lowest BCUT2D eigenvalue weighted by Crippen LogP contribution is -2.37. The minimum absolute atomic E-state index is 0.165. The molecule has 1 saturated carbocycles. The van der Waals surface area contributed by atoms with Crippen molar-refractivity contribution in [2.75, 3.05) is 0 Å². The van der Waals surface area contributed by atoms with Gasteiger partial charge in [-0.1, -0.05) is 24.3 Å². The minimum Gasteiger partial charge on any atom is -0.329 e. The number of amides is 2. The van der Waals surface area contributed by atoms with Crippen LogP contribution in [-0.2, 0) is 19.2 Å². The summed E-state index contributed by atoms with van der Waals surface area (Å²) in [6.07, 6.45) is 7.83. The van der Waals surface area contributed by atoms with Crippen molar-refractivity contribution in [1.82, 2.24) is 5.06 Å². The van der Waals surface area contributed by atoms with Gasteiger partial charge >= 0.3 is 5.97 Å². The molecular formula is C15H19NO4. The zero-order chi connectivity index (χ0) is 14.1. The molecule has 1 fully saturated rings. The molecule has 20 heavy (non-hydrogen) atoms. The lowest BCUT2D eigenvalue weighted by Gasteiger charge is -2.22. The molecule has 0 saturated heterocycles. The quantitative estimate of drug-likeness (QED) is 0.726. The summed E-state index contributed by atoms with van der Waals surface area (Å²) in [6, 6.07) is 0. The Bertz CT molecular complexity index is 460. The van der Waals surface area contributed by atoms with E-state index in [1.54, 1.807) is 0 Å². The Kier molecular flexibility index (Phi) is 3.59. The maximum atomic E-state index is 12.1. The van der Waals surface area contributed by atoms with E-state index in [1.165, 1.54) is 0 Å². The average molecular weight is 277 g/mol. The molecule has 1 aliphatic heterocycles. The fourth-order valence-corrected chi connectivity index (χ4v) is 3.30. The summed E-state index contributed by atoms with van der Waals surface area (Å²) in [5.74, 6) is -1.43. The van der Waals surface area contributed by atoms with E-state index in [4.69, 9.17) is 4.84 Å². The second-order valence-electron chi connectivity index (χ2n) is 5.81. The van der Waals surface area contributed by atoms with Crippen molar-refractivity contribution >= 4 is 17.8 Å². The number of imide groups is 1. The van der Waals surface area contributed by atoms with Crippen molar-refractivity contribution < 1.29 is 19.2 Å². The van der Waals surface area contributed by atoms with Gasteiger partial charge in [0.2, 0.25) is 0 Å². The van der Waals surface area contributed by atoms with Crippen molar-refractivity contribution in [2.24, 2.45) is 5.92 Å². The third-order valence-corrected chi connectivity index (χ3v) is 4.47. The van der Waals surface area contributed by atoms with Crippen LogP contribution in [0.2, 0.25) is 0 Å². The van der Waals surface area contributed by atoms with Crippen molar-refractivity contribution in [3.63, 3.8) is 0 Å². The molecule has 5 nitrogen and oxygen atoms in total. The Morgan fingerprint density at radius 1 is 0.900 bits per heavy atom. The van der Waals surface area contributed by atoms with Crippen LogP contribution in [0.5, 0.6) is 0 Å². The number of carbonyl (C=O) groups is 3. The zero-order valence-corrected chi connectivity index (χ0v) is 11.5. The highest BCUT2D eigenvalue weighted by Crippen LogP contribution is 2.34. The molecule has 3 rings (SSSR count). The minimum atomic E-state index is -0.425. The molecule has 2 amide bonds. The van der Waals surface area contributed by atoms with E-state index >= 15 is 0 Å². The predicted molar refractivity (Wildman–Crippen MR) is 70.0 cm³/mol. The van der Waals surface area contributed by atoms with Crippen molar-refractivity contribution in [3.05, 3.63) is 11.1 Å². The van der Waals surface area contributed by atoms with Gasteiger partial charge in [0, 0.05) is 11.1 Å². The molecule has 0 radical (unpaired) electrons. The highest BCUT2D eigenvalue weighted by atomic mass is 16.7. The van der Waals surface area contributed by atoms with E-state index in [2.05, 4.69) is 0 Å². The summed E-state index contributed by atoms with van der Waals surface area (Å²) in [5.41, 5.74) is 1.11. The van der Waals surface area contributed by atoms with Crippen molar-refractivity contribution in [1.29, 1.82) is 0 Å². The monoisotopic (exact) mass is 277 g/mol. The Morgan fingerprint density at radius 2 is 1.45 bits per heavy atom. The van der Waals surface area contributed by atoms with Gasteiger partial charge in [-0.15, -0.1) is 0 Å². The maximum absolute atomic E-state index is 12.1. The number of hydrogen-bond donors (Lipinski definition) is 0. The Labute approximate surface area is 117 Å². The van der Waals surface area contributed by atoms with E-state index in [-0.39, 0.29) is 5.92 Å². The third-order valence-electron chi connectivity index (χ3n) is 4.47. The highest BCUT2D eigenvalue weighted by Gasteiger charge is 2.42. The molecule has 0 aromatic carbocycles. The van der Waals surface area contributed by atoms with Gasteiger partial charge in [-0.25, -0.2) is 4.79 Å². The molecule has 1 heterocycles. The second-order valence-corrected chi connectivity index (χ2v) is 5.81. The summed E-state index contributed by atoms with van der Waals surface area (Å²) >= 11 is 0. The lowest BCUT2D eigenvalue weighted by molar-refractivity contribution is -0.200. The van der Waals surface area contributed by atoms with Crippen LogP contribution in [-0.4, -0.2) is 22.8 Å². The molecule has 0 aromatic heterocycles. The Morgan fingerprint density at radius 3 is 2.00 bits per heavy atom. The van der Waals surface area contributed by atoms with Crippen molar-refractivity contribution in [2.45, 2.75) is 57.8 Å². The standard InChI is InChI=1S/C15H19NO4/c17-13-11-8-4-5-9-12(11)14(18)16(13)20-15(19)10-6-2-1-3-7-10/h10H,1-9H2. The van der Waals surface area contributed by atoms with Gasteiger partial charge in [-0.05, 0) is 38.5 Å². The van der Waals surface area contributed by atoms with Crippen LogP contribution < -0.4 is 0 Å². The van der Waals surface area contributed by atoms with Crippen LogP contribution >= 0.6 is 0 Å². The predicted octanol–water partition coefficient (Wildman–Crippen LogP) is 2.26. The van der Waals surface area contributed by atoms with Gasteiger partial charge in [0.1, 0.15) is 0 Å². The van der Waals surface area contributed by atoms with Crippen LogP contribution in [0.25, 0.3) is 0 Å². The summed E-state index contributed by atoms with van der Waals surface area (Å²) in [6.45, 7) is 0. The van der Waals surface area contributed by atoms with Crippen LogP contribution in [0, 0.1) is 5.92 Å². The van der Waals surface area contributed by atoms with Crippen LogP contribution in [0.1, 0.15) is 57.8 Å². The van der Waals surface area contributed by atoms with Gasteiger partial charge in [0.25, 0.3) is 11.8 Å². The topological polar surface area (TPSA) is 63.7 Å². The van der Waals surface area contributed by atoms with Gasteiger partial charge < -0.3 is 4.84 Å². The molecule has 0 atom stereocenters. The summed E-state index contributed by atoms with van der Waals surface area (Å²) in [7, 11) is 0. The summed E-state index contributed by atoms with van der Waals surface area (Å²) in [4.78, 5) is 41.5. The number of hydroxylamine groups is 2. The molecule has 0 aromatic rings. The first kappa shape index (κ1) is 13.3. The average Bonchev–Trinajstić information content (AvgIpc) is 2.74.